The van der Waals surface area contributed by atoms with Crippen molar-refractivity contribution in [2.45, 2.75) is 38.9 Å². The molecule has 0 aromatic heterocycles. The quantitative estimate of drug-likeness (QED) is 0.780. The SMILES string of the molecule is CC(C)CONC(=O)N1CCO[C@@H]([C@H]2CCCO2)C1. The molecule has 0 unspecified atom stereocenters. The van der Waals surface area contributed by atoms with Crippen LogP contribution in [-0.4, -0.2) is 56.0 Å². The van der Waals surface area contributed by atoms with E-state index >= 15 is 0 Å². The average Bonchev–Trinajstić information content (AvgIpc) is 2.92. The number of rotatable bonds is 4. The molecule has 2 aliphatic heterocycles. The van der Waals surface area contributed by atoms with Crippen LogP contribution in [0.4, 0.5) is 4.79 Å². The first-order chi connectivity index (χ1) is 9.16. The predicted molar refractivity (Wildman–Crippen MR) is 69.6 cm³/mol. The van der Waals surface area contributed by atoms with Crippen LogP contribution < -0.4 is 5.48 Å². The van der Waals surface area contributed by atoms with Crippen molar-refractivity contribution < 1.29 is 19.1 Å². The summed E-state index contributed by atoms with van der Waals surface area (Å²) in [6.45, 7) is 7.12. The van der Waals surface area contributed by atoms with E-state index in [4.69, 9.17) is 14.3 Å². The lowest BCUT2D eigenvalue weighted by Gasteiger charge is -2.35. The summed E-state index contributed by atoms with van der Waals surface area (Å²) in [5, 5.41) is 0. The van der Waals surface area contributed by atoms with E-state index in [0.717, 1.165) is 19.4 Å². The number of ether oxygens (including phenoxy) is 2. The van der Waals surface area contributed by atoms with Gasteiger partial charge in [0.05, 0.1) is 25.9 Å². The summed E-state index contributed by atoms with van der Waals surface area (Å²) >= 11 is 0. The van der Waals surface area contributed by atoms with Gasteiger partial charge in [0.15, 0.2) is 0 Å². The number of urea groups is 1. The molecule has 2 fully saturated rings. The molecule has 2 aliphatic rings. The maximum atomic E-state index is 11.9. The van der Waals surface area contributed by atoms with Gasteiger partial charge in [-0.3, -0.25) is 4.84 Å². The van der Waals surface area contributed by atoms with E-state index in [9.17, 15) is 4.79 Å². The third-order valence-corrected chi connectivity index (χ3v) is 3.34. The molecule has 2 saturated heterocycles. The molecule has 6 nitrogen and oxygen atoms in total. The Labute approximate surface area is 114 Å². The van der Waals surface area contributed by atoms with Crippen molar-refractivity contribution >= 4 is 6.03 Å². The van der Waals surface area contributed by atoms with E-state index in [1.165, 1.54) is 0 Å². The highest BCUT2D eigenvalue weighted by atomic mass is 16.7. The van der Waals surface area contributed by atoms with Crippen molar-refractivity contribution in [3.63, 3.8) is 0 Å². The lowest BCUT2D eigenvalue weighted by atomic mass is 10.1. The smallest absolute Gasteiger partial charge is 0.341 e. The largest absolute Gasteiger partial charge is 0.375 e. The lowest BCUT2D eigenvalue weighted by molar-refractivity contribution is -0.0883. The molecule has 19 heavy (non-hydrogen) atoms. The molecular formula is C13H24N2O4. The van der Waals surface area contributed by atoms with E-state index in [1.54, 1.807) is 4.90 Å². The number of hydrogen-bond acceptors (Lipinski definition) is 4. The highest BCUT2D eigenvalue weighted by Gasteiger charge is 2.32. The molecule has 0 spiro atoms. The molecule has 2 amide bonds. The minimum atomic E-state index is -0.188. The van der Waals surface area contributed by atoms with Crippen LogP contribution in [0.15, 0.2) is 0 Å². The minimum absolute atomic E-state index is 0.00732. The van der Waals surface area contributed by atoms with Crippen molar-refractivity contribution in [1.82, 2.24) is 10.4 Å². The Bertz CT molecular complexity index is 292. The Morgan fingerprint density at radius 1 is 1.37 bits per heavy atom. The molecule has 6 heteroatoms. The number of nitrogens with one attached hydrogen (secondary N) is 1. The molecule has 2 heterocycles. The van der Waals surface area contributed by atoms with E-state index in [2.05, 4.69) is 5.48 Å². The summed E-state index contributed by atoms with van der Waals surface area (Å²) in [6.07, 6.45) is 2.22. The molecule has 110 valence electrons. The first-order valence-corrected chi connectivity index (χ1v) is 7.06. The molecule has 2 atom stereocenters. The van der Waals surface area contributed by atoms with Gasteiger partial charge in [0.1, 0.15) is 6.10 Å². The summed E-state index contributed by atoms with van der Waals surface area (Å²) < 4.78 is 11.3. The monoisotopic (exact) mass is 272 g/mol. The molecule has 1 N–H and O–H groups in total. The van der Waals surface area contributed by atoms with Crippen molar-refractivity contribution in [1.29, 1.82) is 0 Å². The molecule has 0 radical (unpaired) electrons. The number of hydroxylamine groups is 1. The summed E-state index contributed by atoms with van der Waals surface area (Å²) in [5.74, 6) is 0.393. The molecule has 0 saturated carbocycles. The second kappa shape index (κ2) is 7.07. The van der Waals surface area contributed by atoms with Gasteiger partial charge >= 0.3 is 6.03 Å². The minimum Gasteiger partial charge on any atom is -0.375 e. The van der Waals surface area contributed by atoms with Gasteiger partial charge in [-0.25, -0.2) is 10.3 Å². The van der Waals surface area contributed by atoms with Crippen molar-refractivity contribution in [3.05, 3.63) is 0 Å². The van der Waals surface area contributed by atoms with Gasteiger partial charge < -0.3 is 14.4 Å². The molecule has 0 aromatic rings. The first kappa shape index (κ1) is 14.6. The van der Waals surface area contributed by atoms with Gasteiger partial charge in [-0.05, 0) is 18.8 Å². The Morgan fingerprint density at radius 3 is 2.84 bits per heavy atom. The summed E-state index contributed by atoms with van der Waals surface area (Å²) in [6, 6.07) is -0.188. The zero-order chi connectivity index (χ0) is 13.7. The third-order valence-electron chi connectivity index (χ3n) is 3.34. The van der Waals surface area contributed by atoms with E-state index in [1.807, 2.05) is 13.8 Å². The van der Waals surface area contributed by atoms with Crippen molar-refractivity contribution in [3.8, 4) is 0 Å². The van der Waals surface area contributed by atoms with E-state index in [-0.39, 0.29) is 18.2 Å². The number of amides is 2. The summed E-state index contributed by atoms with van der Waals surface area (Å²) in [5.41, 5.74) is 2.49. The summed E-state index contributed by atoms with van der Waals surface area (Å²) in [7, 11) is 0. The Balaban J connectivity index is 1.74. The van der Waals surface area contributed by atoms with Crippen LogP contribution in [0.5, 0.6) is 0 Å². The maximum absolute atomic E-state index is 11.9. The second-order valence-electron chi connectivity index (χ2n) is 5.52. The van der Waals surface area contributed by atoms with Crippen LogP contribution in [0, 0.1) is 5.92 Å². The normalized spacial score (nSPS) is 27.8. The van der Waals surface area contributed by atoms with E-state index < -0.39 is 0 Å². The van der Waals surface area contributed by atoms with Crippen LogP contribution in [0.1, 0.15) is 26.7 Å². The van der Waals surface area contributed by atoms with Crippen LogP contribution in [0.25, 0.3) is 0 Å². The van der Waals surface area contributed by atoms with Crippen molar-refractivity contribution in [2.24, 2.45) is 5.92 Å². The van der Waals surface area contributed by atoms with Crippen LogP contribution in [-0.2, 0) is 14.3 Å². The maximum Gasteiger partial charge on any atom is 0.341 e. The van der Waals surface area contributed by atoms with Crippen LogP contribution in [0.2, 0.25) is 0 Å². The Hall–Kier alpha value is -0.850. The van der Waals surface area contributed by atoms with Gasteiger partial charge in [0.2, 0.25) is 0 Å². The zero-order valence-corrected chi connectivity index (χ0v) is 11.8. The summed E-state index contributed by atoms with van der Waals surface area (Å²) in [4.78, 5) is 18.8. The van der Waals surface area contributed by atoms with Crippen LogP contribution >= 0.6 is 0 Å². The second-order valence-corrected chi connectivity index (χ2v) is 5.52. The number of carbonyl (C=O) groups excluding carboxylic acids is 1. The number of hydrogen-bond donors (Lipinski definition) is 1. The van der Waals surface area contributed by atoms with E-state index in [0.29, 0.717) is 32.2 Å². The van der Waals surface area contributed by atoms with Crippen molar-refractivity contribution in [2.75, 3.05) is 32.9 Å². The Kier molecular flexibility index (Phi) is 5.42. The number of carbonyl (C=O) groups is 1. The van der Waals surface area contributed by atoms with Gasteiger partial charge in [0.25, 0.3) is 0 Å². The molecule has 2 rings (SSSR count). The topological polar surface area (TPSA) is 60.0 Å². The van der Waals surface area contributed by atoms with Gasteiger partial charge in [-0.2, -0.15) is 0 Å². The fourth-order valence-electron chi connectivity index (χ4n) is 2.32. The lowest BCUT2D eigenvalue weighted by Crippen LogP contribution is -2.52. The highest BCUT2D eigenvalue weighted by Crippen LogP contribution is 2.20. The average molecular weight is 272 g/mol. The fraction of sp³-hybridized carbons (Fsp3) is 0.923. The standard InChI is InChI=1S/C13H24N2O4/c1-10(2)9-19-14-13(16)15-5-7-18-12(8-15)11-4-3-6-17-11/h10-12H,3-9H2,1-2H3,(H,14,16)/t11-,12-/m1/s1. The highest BCUT2D eigenvalue weighted by molar-refractivity contribution is 5.73. The molecular weight excluding hydrogens is 248 g/mol. The molecule has 0 bridgehead atoms. The fourth-order valence-corrected chi connectivity index (χ4v) is 2.32. The Morgan fingerprint density at radius 2 is 2.16 bits per heavy atom. The predicted octanol–water partition coefficient (Wildman–Crippen LogP) is 1.16. The number of morpholine rings is 1. The van der Waals surface area contributed by atoms with Gasteiger partial charge in [0, 0.05) is 13.2 Å². The van der Waals surface area contributed by atoms with Gasteiger partial charge in [-0.15, -0.1) is 0 Å². The van der Waals surface area contributed by atoms with Gasteiger partial charge in [-0.1, -0.05) is 13.8 Å². The zero-order valence-electron chi connectivity index (χ0n) is 11.8. The first-order valence-electron chi connectivity index (χ1n) is 7.06. The number of nitrogens with zero attached hydrogens (tertiary/aromatic N) is 1. The third kappa shape index (κ3) is 4.33. The molecule has 0 aliphatic carbocycles. The molecule has 0 aromatic carbocycles. The van der Waals surface area contributed by atoms with Crippen LogP contribution in [0.3, 0.4) is 0 Å².